The summed E-state index contributed by atoms with van der Waals surface area (Å²) in [6.45, 7) is -0.0954. The largest absolute Gasteiger partial charge is 0.619 e. The first-order valence-electron chi connectivity index (χ1n) is 18.8. The Balaban J connectivity index is 1.07. The maximum Gasteiger partial charge on any atom is 0.387 e. The molecule has 5 heterocycles. The number of aromatic nitrogens is 1. The number of anilines is 1. The number of nitrogens with zero attached hydrogens (tertiary/aromatic N) is 2. The lowest BCUT2D eigenvalue weighted by Crippen LogP contribution is -2.52. The van der Waals surface area contributed by atoms with Crippen molar-refractivity contribution in [2.45, 2.75) is 57.0 Å². The van der Waals surface area contributed by atoms with Gasteiger partial charge in [0.2, 0.25) is 0 Å². The van der Waals surface area contributed by atoms with Gasteiger partial charge in [-0.25, -0.2) is 9.59 Å². The van der Waals surface area contributed by atoms with Gasteiger partial charge < -0.3 is 33.9 Å². The number of ether oxygens (including phenoxy) is 4. The van der Waals surface area contributed by atoms with Crippen molar-refractivity contribution in [3.63, 3.8) is 0 Å². The first-order chi connectivity index (χ1) is 27.6. The molecule has 2 bridgehead atoms. The van der Waals surface area contributed by atoms with Gasteiger partial charge in [0.05, 0.1) is 18.4 Å². The number of alkyl halides is 2. The van der Waals surface area contributed by atoms with Gasteiger partial charge in [-0.05, 0) is 110 Å². The van der Waals surface area contributed by atoms with Gasteiger partial charge >= 0.3 is 18.6 Å². The second-order valence-electron chi connectivity index (χ2n) is 14.7. The molecule has 2 aromatic heterocycles. The van der Waals surface area contributed by atoms with Crippen LogP contribution in [0.5, 0.6) is 11.5 Å². The van der Waals surface area contributed by atoms with E-state index < -0.39 is 30.7 Å². The topological polar surface area (TPSA) is 126 Å². The van der Waals surface area contributed by atoms with Gasteiger partial charge in [0, 0.05) is 29.6 Å². The lowest BCUT2D eigenvalue weighted by atomic mass is 9.86. The van der Waals surface area contributed by atoms with E-state index in [0.29, 0.717) is 57.7 Å². The Bertz CT molecular complexity index is 2240. The zero-order chi connectivity index (χ0) is 39.6. The summed E-state index contributed by atoms with van der Waals surface area (Å²) in [6.07, 6.45) is 6.34. The highest BCUT2D eigenvalue weighted by Crippen LogP contribution is 2.39. The molecule has 298 valence electrons. The van der Waals surface area contributed by atoms with Crippen LogP contribution in [0.1, 0.15) is 64.9 Å². The molecule has 15 heteroatoms. The van der Waals surface area contributed by atoms with Crippen LogP contribution in [0, 0.1) is 17.0 Å². The molecule has 1 N–H and O–H groups in total. The van der Waals surface area contributed by atoms with E-state index in [4.69, 9.17) is 46.6 Å². The third kappa shape index (κ3) is 9.22. The van der Waals surface area contributed by atoms with Crippen molar-refractivity contribution in [2.75, 3.05) is 31.6 Å². The predicted molar refractivity (Wildman–Crippen MR) is 207 cm³/mol. The van der Waals surface area contributed by atoms with E-state index in [-0.39, 0.29) is 39.6 Å². The van der Waals surface area contributed by atoms with E-state index in [9.17, 15) is 23.6 Å². The predicted octanol–water partition coefficient (Wildman–Crippen LogP) is 8.69. The Hall–Kier alpha value is -5.11. The summed E-state index contributed by atoms with van der Waals surface area (Å²) < 4.78 is 55.6. The minimum Gasteiger partial charge on any atom is -0.619 e. The molecule has 2 unspecified atom stereocenters. The average molecular weight is 823 g/mol. The summed E-state index contributed by atoms with van der Waals surface area (Å²) in [5.41, 5.74) is 2.61. The molecule has 11 nitrogen and oxygen atoms in total. The number of esters is 2. The first kappa shape index (κ1) is 38.7. The zero-order valence-electron chi connectivity index (χ0n) is 30.6. The number of benzene rings is 3. The van der Waals surface area contributed by atoms with Gasteiger partial charge in [0.25, 0.3) is 0 Å². The molecule has 0 spiro atoms. The highest BCUT2D eigenvalue weighted by Gasteiger charge is 2.38. The van der Waals surface area contributed by atoms with Crippen molar-refractivity contribution < 1.29 is 46.5 Å². The molecule has 5 aromatic rings. The van der Waals surface area contributed by atoms with Crippen LogP contribution >= 0.6 is 23.2 Å². The number of nitrogens with one attached hydrogen (secondary N) is 1. The van der Waals surface area contributed by atoms with Crippen LogP contribution in [0.25, 0.3) is 11.0 Å². The van der Waals surface area contributed by atoms with E-state index in [1.165, 1.54) is 18.2 Å². The SMILES string of the molecule is O=C(OC(Cc1c(Cl)c[n+]([O-])cc1Cl)c1ccc(OC(F)F)c(OCC2CC2)c1)c1cccc(NC(C(=O)O[C@H]2CN3CCC2CC3)c2ccc3occc3c2)c1. The Morgan fingerprint density at radius 3 is 2.44 bits per heavy atom. The second-order valence-corrected chi connectivity index (χ2v) is 15.5. The maximum absolute atomic E-state index is 14.0. The van der Waals surface area contributed by atoms with Crippen molar-refractivity contribution in [1.82, 2.24) is 4.90 Å². The van der Waals surface area contributed by atoms with Crippen LogP contribution in [-0.2, 0) is 20.7 Å². The van der Waals surface area contributed by atoms with Crippen LogP contribution in [0.3, 0.4) is 0 Å². The van der Waals surface area contributed by atoms with Crippen LogP contribution in [0.2, 0.25) is 10.0 Å². The van der Waals surface area contributed by atoms with Crippen LogP contribution in [-0.4, -0.2) is 55.8 Å². The van der Waals surface area contributed by atoms with Gasteiger partial charge in [-0.15, -0.1) is 0 Å². The molecule has 3 atom stereocenters. The summed E-state index contributed by atoms with van der Waals surface area (Å²) in [5.74, 6) is -0.699. The van der Waals surface area contributed by atoms with Crippen LogP contribution < -0.4 is 19.5 Å². The van der Waals surface area contributed by atoms with Crippen molar-refractivity contribution >= 4 is 51.8 Å². The number of furan rings is 1. The Labute approximate surface area is 336 Å². The molecule has 9 rings (SSSR count). The number of piperidine rings is 3. The van der Waals surface area contributed by atoms with Crippen molar-refractivity contribution in [3.05, 3.63) is 123 Å². The first-order valence-corrected chi connectivity index (χ1v) is 19.6. The van der Waals surface area contributed by atoms with Crippen LogP contribution in [0.4, 0.5) is 14.5 Å². The number of halogens is 4. The summed E-state index contributed by atoms with van der Waals surface area (Å²) in [4.78, 5) is 30.4. The number of rotatable bonds is 15. The fourth-order valence-corrected chi connectivity index (χ4v) is 8.06. The lowest BCUT2D eigenvalue weighted by molar-refractivity contribution is -0.605. The molecule has 4 fully saturated rings. The monoisotopic (exact) mass is 821 g/mol. The molecule has 57 heavy (non-hydrogen) atoms. The van der Waals surface area contributed by atoms with E-state index in [2.05, 4.69) is 10.2 Å². The van der Waals surface area contributed by atoms with Crippen molar-refractivity contribution in [1.29, 1.82) is 0 Å². The zero-order valence-corrected chi connectivity index (χ0v) is 32.1. The number of hydrogen-bond acceptors (Lipinski definition) is 10. The fourth-order valence-electron chi connectivity index (χ4n) is 7.47. The number of carbonyl (C=O) groups is 2. The van der Waals surface area contributed by atoms with Crippen molar-refractivity contribution in [2.24, 2.45) is 11.8 Å². The molecule has 4 aliphatic rings. The lowest BCUT2D eigenvalue weighted by Gasteiger charge is -2.44. The number of fused-ring (bicyclic) bond motifs is 4. The number of hydrogen-bond donors (Lipinski definition) is 1. The Morgan fingerprint density at radius 2 is 1.72 bits per heavy atom. The number of pyridine rings is 1. The summed E-state index contributed by atoms with van der Waals surface area (Å²) in [7, 11) is 0. The minimum atomic E-state index is -3.09. The molecule has 1 saturated carbocycles. The quantitative estimate of drug-likeness (QED) is 0.0623. The molecular weight excluding hydrogens is 783 g/mol. The molecule has 3 aliphatic heterocycles. The summed E-state index contributed by atoms with van der Waals surface area (Å²) in [6, 6.07) is 17.2. The molecular formula is C42H39Cl2F2N3O8. The maximum atomic E-state index is 14.0. The normalized spacial score (nSPS) is 19.9. The molecule has 0 amide bonds. The Kier molecular flexibility index (Phi) is 11.4. The average Bonchev–Trinajstić information content (AvgIpc) is 3.91. The molecule has 0 radical (unpaired) electrons. The highest BCUT2D eigenvalue weighted by atomic mass is 35.5. The third-order valence-electron chi connectivity index (χ3n) is 10.7. The molecule has 1 aliphatic carbocycles. The van der Waals surface area contributed by atoms with Crippen molar-refractivity contribution in [3.8, 4) is 11.5 Å². The third-order valence-corrected chi connectivity index (χ3v) is 11.4. The van der Waals surface area contributed by atoms with E-state index >= 15 is 0 Å². The van der Waals surface area contributed by atoms with Gasteiger partial charge in [0.1, 0.15) is 27.8 Å². The Morgan fingerprint density at radius 1 is 0.947 bits per heavy atom. The van der Waals surface area contributed by atoms with Gasteiger partial charge in [0.15, 0.2) is 29.9 Å². The summed E-state index contributed by atoms with van der Waals surface area (Å²) >= 11 is 12.9. The van der Waals surface area contributed by atoms with Gasteiger partial charge in [-0.1, -0.05) is 41.4 Å². The second kappa shape index (κ2) is 16.8. The van der Waals surface area contributed by atoms with E-state index in [1.807, 2.05) is 12.1 Å². The van der Waals surface area contributed by atoms with Gasteiger partial charge in [-0.3, -0.25) is 4.90 Å². The number of carbonyl (C=O) groups excluding carboxylic acids is 2. The van der Waals surface area contributed by atoms with Gasteiger partial charge in [-0.2, -0.15) is 13.5 Å². The minimum absolute atomic E-state index is 0.0392. The molecule has 3 saturated heterocycles. The summed E-state index contributed by atoms with van der Waals surface area (Å²) in [5, 5.41) is 16.2. The van der Waals surface area contributed by atoms with E-state index in [1.54, 1.807) is 42.7 Å². The van der Waals surface area contributed by atoms with Crippen LogP contribution in [0.15, 0.2) is 89.8 Å². The fraction of sp³-hybridized carbons (Fsp3) is 0.357. The highest BCUT2D eigenvalue weighted by molar-refractivity contribution is 6.35. The standard InChI is InChI=1S/C42H39Cl2F2N3O8/c43-32-20-49(52)21-33(44)31(32)19-36(26-6-9-35(57-42(45)46)37(18-26)54-23-24-4-5-24)55-40(50)29-2-1-3-30(17-29)47-39(28-7-8-34-27(16-28)12-15-53-34)41(51)56-38-22-48-13-10-25(38)11-14-48/h1-3,6-9,12,15-18,20-21,24-25,36,38-39,42,47H,4-5,10-11,13-14,19,22-23H2/t36?,38-,39?/m0/s1. The molecule has 3 aromatic carbocycles. The van der Waals surface area contributed by atoms with E-state index in [0.717, 1.165) is 56.6 Å². The smallest absolute Gasteiger partial charge is 0.387 e.